The topological polar surface area (TPSA) is 82.5 Å². The number of carbonyl (C=O) groups excluding carboxylic acids is 2. The molecule has 1 fully saturated rings. The zero-order valence-corrected chi connectivity index (χ0v) is 22.2. The number of amides is 2. The SMILES string of the molecule is CCCCOc1c(OCCCC)c(C(=O)N2CCOCC2)n(-c2ccc(OC)cc2)c1C(=O)N(C)C. The van der Waals surface area contributed by atoms with Gasteiger partial charge in [0.05, 0.1) is 33.5 Å². The number of morpholine rings is 1. The minimum Gasteiger partial charge on any atom is -0.497 e. The van der Waals surface area contributed by atoms with Crippen LogP contribution in [0.3, 0.4) is 0 Å². The molecule has 9 nitrogen and oxygen atoms in total. The molecule has 1 aliphatic heterocycles. The average molecular weight is 502 g/mol. The second kappa shape index (κ2) is 13.2. The molecule has 3 rings (SSSR count). The standard InChI is InChI=1S/C27H39N3O6/c1-6-8-16-35-24-22(26(31)28(3)4)30(20-10-12-21(33-5)13-11-20)23(25(24)36-17-9-7-2)27(32)29-14-18-34-19-15-29/h10-13H,6-9,14-19H2,1-5H3. The summed E-state index contributed by atoms with van der Waals surface area (Å²) < 4.78 is 25.0. The fraction of sp³-hybridized carbons (Fsp3) is 0.556. The average Bonchev–Trinajstić information content (AvgIpc) is 3.22. The van der Waals surface area contributed by atoms with Gasteiger partial charge in [-0.1, -0.05) is 26.7 Å². The van der Waals surface area contributed by atoms with Gasteiger partial charge in [-0.15, -0.1) is 0 Å². The van der Waals surface area contributed by atoms with Gasteiger partial charge >= 0.3 is 0 Å². The Morgan fingerprint density at radius 3 is 1.97 bits per heavy atom. The van der Waals surface area contributed by atoms with E-state index in [0.29, 0.717) is 62.5 Å². The smallest absolute Gasteiger partial charge is 0.275 e. The molecule has 0 aliphatic carbocycles. The summed E-state index contributed by atoms with van der Waals surface area (Å²) >= 11 is 0. The Kier molecular flexibility index (Phi) is 10.0. The van der Waals surface area contributed by atoms with Crippen molar-refractivity contribution in [3.8, 4) is 22.9 Å². The first kappa shape index (κ1) is 27.4. The van der Waals surface area contributed by atoms with Crippen molar-refractivity contribution in [3.05, 3.63) is 35.7 Å². The normalized spacial score (nSPS) is 13.4. The quantitative estimate of drug-likeness (QED) is 0.409. The van der Waals surface area contributed by atoms with Gasteiger partial charge in [0, 0.05) is 32.9 Å². The summed E-state index contributed by atoms with van der Waals surface area (Å²) in [6, 6.07) is 7.26. The van der Waals surface area contributed by atoms with Gasteiger partial charge in [0.1, 0.15) is 5.75 Å². The molecule has 0 atom stereocenters. The largest absolute Gasteiger partial charge is 0.497 e. The fourth-order valence-corrected chi connectivity index (χ4v) is 3.94. The molecule has 0 unspecified atom stereocenters. The lowest BCUT2D eigenvalue weighted by Crippen LogP contribution is -2.41. The van der Waals surface area contributed by atoms with Gasteiger partial charge in [-0.2, -0.15) is 0 Å². The van der Waals surface area contributed by atoms with E-state index in [4.69, 9.17) is 18.9 Å². The number of hydrogen-bond acceptors (Lipinski definition) is 6. The van der Waals surface area contributed by atoms with Crippen LogP contribution in [-0.4, -0.2) is 86.9 Å². The molecular weight excluding hydrogens is 462 g/mol. The number of unbranched alkanes of at least 4 members (excludes halogenated alkanes) is 2. The highest BCUT2D eigenvalue weighted by molar-refractivity contribution is 6.04. The second-order valence-electron chi connectivity index (χ2n) is 8.90. The highest BCUT2D eigenvalue weighted by Gasteiger charge is 2.37. The van der Waals surface area contributed by atoms with Crippen LogP contribution in [0.2, 0.25) is 0 Å². The molecule has 0 radical (unpaired) electrons. The van der Waals surface area contributed by atoms with Crippen LogP contribution in [0.15, 0.2) is 24.3 Å². The first-order valence-corrected chi connectivity index (χ1v) is 12.7. The Morgan fingerprint density at radius 1 is 0.917 bits per heavy atom. The lowest BCUT2D eigenvalue weighted by Gasteiger charge is -2.27. The summed E-state index contributed by atoms with van der Waals surface area (Å²) in [4.78, 5) is 30.9. The molecule has 36 heavy (non-hydrogen) atoms. The molecule has 0 spiro atoms. The number of hydrogen-bond donors (Lipinski definition) is 0. The molecule has 1 aliphatic rings. The molecule has 2 heterocycles. The van der Waals surface area contributed by atoms with E-state index in [-0.39, 0.29) is 23.2 Å². The molecule has 198 valence electrons. The first-order valence-electron chi connectivity index (χ1n) is 12.7. The van der Waals surface area contributed by atoms with E-state index in [2.05, 4.69) is 13.8 Å². The van der Waals surface area contributed by atoms with Gasteiger partial charge in [0.15, 0.2) is 22.9 Å². The lowest BCUT2D eigenvalue weighted by molar-refractivity contribution is 0.0294. The molecule has 0 N–H and O–H groups in total. The summed E-state index contributed by atoms with van der Waals surface area (Å²) in [7, 11) is 4.97. The van der Waals surface area contributed by atoms with Gasteiger partial charge in [-0.25, -0.2) is 0 Å². The lowest BCUT2D eigenvalue weighted by atomic mass is 10.2. The van der Waals surface area contributed by atoms with Crippen LogP contribution in [0.25, 0.3) is 5.69 Å². The Hall–Kier alpha value is -3.20. The Balaban J connectivity index is 2.29. The Bertz CT molecular complexity index is 1010. The highest BCUT2D eigenvalue weighted by atomic mass is 16.5. The number of ether oxygens (including phenoxy) is 4. The van der Waals surface area contributed by atoms with Crippen LogP contribution in [0.4, 0.5) is 0 Å². The third-order valence-corrected chi connectivity index (χ3v) is 6.01. The van der Waals surface area contributed by atoms with Crippen molar-refractivity contribution < 1.29 is 28.5 Å². The zero-order valence-electron chi connectivity index (χ0n) is 22.2. The summed E-state index contributed by atoms with van der Waals surface area (Å²) in [6.45, 7) is 6.82. The van der Waals surface area contributed by atoms with Crippen molar-refractivity contribution in [2.45, 2.75) is 39.5 Å². The molecule has 9 heteroatoms. The first-order chi connectivity index (χ1) is 17.4. The third-order valence-electron chi connectivity index (χ3n) is 6.01. The zero-order chi connectivity index (χ0) is 26.1. The summed E-state index contributed by atoms with van der Waals surface area (Å²) in [5.41, 5.74) is 1.20. The Labute approximate surface area is 213 Å². The molecule has 0 saturated carbocycles. The molecule has 1 saturated heterocycles. The summed E-state index contributed by atoms with van der Waals surface area (Å²) in [5.74, 6) is 0.798. The van der Waals surface area contributed by atoms with E-state index in [1.807, 2.05) is 12.1 Å². The van der Waals surface area contributed by atoms with E-state index >= 15 is 0 Å². The van der Waals surface area contributed by atoms with E-state index in [1.54, 1.807) is 42.8 Å². The van der Waals surface area contributed by atoms with Crippen LogP contribution >= 0.6 is 0 Å². The summed E-state index contributed by atoms with van der Waals surface area (Å²) in [6.07, 6.45) is 3.48. The number of aromatic nitrogens is 1. The predicted molar refractivity (Wildman–Crippen MR) is 138 cm³/mol. The molecule has 1 aromatic heterocycles. The molecule has 1 aromatic carbocycles. The van der Waals surface area contributed by atoms with Crippen molar-refractivity contribution in [2.75, 3.05) is 60.7 Å². The molecule has 0 bridgehead atoms. The van der Waals surface area contributed by atoms with E-state index < -0.39 is 0 Å². The minimum atomic E-state index is -0.279. The predicted octanol–water partition coefficient (Wildman–Crippen LogP) is 4.02. The van der Waals surface area contributed by atoms with Crippen molar-refractivity contribution in [1.82, 2.24) is 14.4 Å². The van der Waals surface area contributed by atoms with Gasteiger partial charge in [0.2, 0.25) is 0 Å². The van der Waals surface area contributed by atoms with E-state index in [9.17, 15) is 9.59 Å². The highest BCUT2D eigenvalue weighted by Crippen LogP contribution is 2.42. The summed E-state index contributed by atoms with van der Waals surface area (Å²) in [5, 5.41) is 0. The van der Waals surface area contributed by atoms with Crippen LogP contribution in [0.1, 0.15) is 60.5 Å². The number of nitrogens with zero attached hydrogens (tertiary/aromatic N) is 3. The number of benzene rings is 1. The maximum atomic E-state index is 14.0. The van der Waals surface area contributed by atoms with Crippen molar-refractivity contribution in [3.63, 3.8) is 0 Å². The van der Waals surface area contributed by atoms with Gasteiger partial charge in [0.25, 0.3) is 11.8 Å². The molecule has 2 amide bonds. The Morgan fingerprint density at radius 2 is 1.47 bits per heavy atom. The van der Waals surface area contributed by atoms with E-state index in [1.165, 1.54) is 4.90 Å². The third kappa shape index (κ3) is 6.13. The van der Waals surface area contributed by atoms with Gasteiger partial charge in [-0.3, -0.25) is 14.2 Å². The number of methoxy groups -OCH3 is 1. The van der Waals surface area contributed by atoms with Crippen LogP contribution in [0, 0.1) is 0 Å². The monoisotopic (exact) mass is 501 g/mol. The van der Waals surface area contributed by atoms with Crippen LogP contribution in [-0.2, 0) is 4.74 Å². The second-order valence-corrected chi connectivity index (χ2v) is 8.90. The van der Waals surface area contributed by atoms with Crippen LogP contribution < -0.4 is 14.2 Å². The van der Waals surface area contributed by atoms with E-state index in [0.717, 1.165) is 25.7 Å². The van der Waals surface area contributed by atoms with Gasteiger partial charge in [-0.05, 0) is 37.1 Å². The van der Waals surface area contributed by atoms with Crippen molar-refractivity contribution in [1.29, 1.82) is 0 Å². The number of rotatable bonds is 12. The fourth-order valence-electron chi connectivity index (χ4n) is 3.94. The molecular formula is C27H39N3O6. The van der Waals surface area contributed by atoms with Crippen molar-refractivity contribution in [2.24, 2.45) is 0 Å². The maximum Gasteiger partial charge on any atom is 0.275 e. The van der Waals surface area contributed by atoms with Crippen LogP contribution in [0.5, 0.6) is 17.2 Å². The van der Waals surface area contributed by atoms with Gasteiger partial charge < -0.3 is 28.7 Å². The number of carbonyl (C=O) groups is 2. The molecule has 2 aromatic rings. The van der Waals surface area contributed by atoms with Crippen molar-refractivity contribution >= 4 is 11.8 Å². The maximum absolute atomic E-state index is 14.0. The minimum absolute atomic E-state index is 0.223.